The fourth-order valence-electron chi connectivity index (χ4n) is 1.58. The molecule has 0 unspecified atom stereocenters. The zero-order valence-electron chi connectivity index (χ0n) is 21.5. The SMILES string of the molecule is C#CC(=O)[C@@H](C)CO[Si](C)(C)C(C)(C)C.C#C[C@@H](O)[C@@H](C)CO[Si](C)(C)C(C)(C)C. The molecular formula is C24H46O4Si2. The summed E-state index contributed by atoms with van der Waals surface area (Å²) in [6.45, 7) is 26.6. The number of carbonyl (C=O) groups excluding carboxylic acids is 1. The summed E-state index contributed by atoms with van der Waals surface area (Å²) in [5.41, 5.74) is 0. The summed E-state index contributed by atoms with van der Waals surface area (Å²) in [6, 6.07) is 0. The maximum Gasteiger partial charge on any atom is 0.210 e. The summed E-state index contributed by atoms with van der Waals surface area (Å²) in [6.07, 6.45) is 9.51. The van der Waals surface area contributed by atoms with Gasteiger partial charge in [0.1, 0.15) is 6.10 Å². The molecule has 6 heteroatoms. The van der Waals surface area contributed by atoms with Gasteiger partial charge in [0.15, 0.2) is 16.6 Å². The molecule has 3 atom stereocenters. The second-order valence-corrected chi connectivity index (χ2v) is 20.8. The summed E-state index contributed by atoms with van der Waals surface area (Å²) >= 11 is 0. The third-order valence-electron chi connectivity index (χ3n) is 6.31. The standard InChI is InChI=1S/C12H24O2Si.C12H22O2Si/c2*1-8-11(13)10(2)9-14-15(6,7)12(3,4)5/h1,10-11,13H,9H2,2-7H3;1,10H,9H2,2-7H3/t10-,11+;10-/m00/s1. The summed E-state index contributed by atoms with van der Waals surface area (Å²) in [7, 11) is -3.45. The Kier molecular flexibility index (Phi) is 12.7. The molecule has 0 fully saturated rings. The van der Waals surface area contributed by atoms with Crippen molar-refractivity contribution in [3.8, 4) is 24.7 Å². The number of aliphatic hydroxyl groups is 1. The van der Waals surface area contributed by atoms with Crippen molar-refractivity contribution >= 4 is 22.4 Å². The number of aliphatic hydroxyl groups excluding tert-OH is 1. The fourth-order valence-corrected chi connectivity index (χ4v) is 3.79. The Labute approximate surface area is 188 Å². The lowest BCUT2D eigenvalue weighted by Crippen LogP contribution is -2.42. The van der Waals surface area contributed by atoms with Crippen LogP contribution in [0.1, 0.15) is 55.4 Å². The van der Waals surface area contributed by atoms with Gasteiger partial charge in [0.2, 0.25) is 5.78 Å². The second kappa shape index (κ2) is 12.2. The number of hydrogen-bond acceptors (Lipinski definition) is 4. The number of ketones is 1. The van der Waals surface area contributed by atoms with E-state index in [2.05, 4.69) is 79.6 Å². The Morgan fingerprint density at radius 1 is 0.900 bits per heavy atom. The molecule has 0 spiro atoms. The number of terminal acetylenes is 2. The third kappa shape index (κ3) is 10.9. The van der Waals surface area contributed by atoms with Gasteiger partial charge in [-0.05, 0) is 42.2 Å². The largest absolute Gasteiger partial charge is 0.416 e. The van der Waals surface area contributed by atoms with E-state index in [0.29, 0.717) is 13.2 Å². The average molecular weight is 455 g/mol. The molecule has 174 valence electrons. The van der Waals surface area contributed by atoms with E-state index in [1.54, 1.807) is 0 Å². The van der Waals surface area contributed by atoms with Crippen LogP contribution in [-0.4, -0.2) is 46.8 Å². The van der Waals surface area contributed by atoms with Crippen molar-refractivity contribution in [1.82, 2.24) is 0 Å². The first-order valence-corrected chi connectivity index (χ1v) is 16.5. The molecule has 0 aromatic carbocycles. The van der Waals surface area contributed by atoms with Crippen molar-refractivity contribution in [1.29, 1.82) is 0 Å². The van der Waals surface area contributed by atoms with Gasteiger partial charge < -0.3 is 14.0 Å². The Morgan fingerprint density at radius 2 is 1.27 bits per heavy atom. The molecule has 4 nitrogen and oxygen atoms in total. The maximum absolute atomic E-state index is 11.2. The number of rotatable bonds is 8. The molecule has 0 aromatic heterocycles. The summed E-state index contributed by atoms with van der Waals surface area (Å²) in [4.78, 5) is 11.2. The van der Waals surface area contributed by atoms with Gasteiger partial charge in [0, 0.05) is 25.0 Å². The van der Waals surface area contributed by atoms with Gasteiger partial charge in [-0.3, -0.25) is 4.79 Å². The van der Waals surface area contributed by atoms with Crippen molar-refractivity contribution in [3.05, 3.63) is 0 Å². The molecular weight excluding hydrogens is 408 g/mol. The molecule has 0 aliphatic carbocycles. The van der Waals surface area contributed by atoms with Crippen molar-refractivity contribution in [2.75, 3.05) is 13.2 Å². The molecule has 0 heterocycles. The highest BCUT2D eigenvalue weighted by Crippen LogP contribution is 2.37. The number of Topliss-reactive ketones (excluding diaryl/α,β-unsaturated/α-hetero) is 1. The maximum atomic E-state index is 11.2. The lowest BCUT2D eigenvalue weighted by molar-refractivity contribution is -0.117. The molecule has 0 rings (SSSR count). The predicted octanol–water partition coefficient (Wildman–Crippen LogP) is 5.49. The molecule has 0 aliphatic heterocycles. The highest BCUT2D eigenvalue weighted by atomic mass is 28.4. The molecule has 0 amide bonds. The van der Waals surface area contributed by atoms with Crippen molar-refractivity contribution in [2.24, 2.45) is 11.8 Å². The molecule has 0 radical (unpaired) electrons. The van der Waals surface area contributed by atoms with E-state index < -0.39 is 22.7 Å². The van der Waals surface area contributed by atoms with Crippen LogP contribution in [-0.2, 0) is 13.6 Å². The van der Waals surface area contributed by atoms with Crippen molar-refractivity contribution < 1.29 is 18.8 Å². The van der Waals surface area contributed by atoms with E-state index in [1.165, 1.54) is 0 Å². The molecule has 1 N–H and O–H groups in total. The van der Waals surface area contributed by atoms with Crippen LogP contribution in [0.2, 0.25) is 36.3 Å². The van der Waals surface area contributed by atoms with Crippen molar-refractivity contribution in [3.63, 3.8) is 0 Å². The van der Waals surface area contributed by atoms with Gasteiger partial charge in [-0.15, -0.1) is 12.8 Å². The summed E-state index contributed by atoms with van der Waals surface area (Å²) < 4.78 is 11.9. The molecule has 0 aliphatic rings. The van der Waals surface area contributed by atoms with Gasteiger partial charge in [-0.1, -0.05) is 61.3 Å². The zero-order valence-corrected chi connectivity index (χ0v) is 23.5. The first-order chi connectivity index (χ1) is 13.2. The number of hydrogen-bond donors (Lipinski definition) is 1. The average Bonchev–Trinajstić information content (AvgIpc) is 2.61. The van der Waals surface area contributed by atoms with Crippen LogP contribution in [0.25, 0.3) is 0 Å². The van der Waals surface area contributed by atoms with Gasteiger partial charge >= 0.3 is 0 Å². The quantitative estimate of drug-likeness (QED) is 0.299. The highest BCUT2D eigenvalue weighted by Gasteiger charge is 2.38. The topological polar surface area (TPSA) is 55.8 Å². The smallest absolute Gasteiger partial charge is 0.210 e. The Hall–Kier alpha value is -0.896. The lowest BCUT2D eigenvalue weighted by atomic mass is 10.1. The lowest BCUT2D eigenvalue weighted by Gasteiger charge is -2.37. The molecule has 0 aromatic rings. The number of carbonyl (C=O) groups is 1. The Bertz CT molecular complexity index is 613. The van der Waals surface area contributed by atoms with E-state index in [-0.39, 0.29) is 27.7 Å². The minimum Gasteiger partial charge on any atom is -0.416 e. The molecule has 30 heavy (non-hydrogen) atoms. The van der Waals surface area contributed by atoms with E-state index in [0.717, 1.165) is 0 Å². The van der Waals surface area contributed by atoms with Crippen LogP contribution in [0.3, 0.4) is 0 Å². The van der Waals surface area contributed by atoms with Crippen LogP contribution < -0.4 is 0 Å². The zero-order chi connectivity index (χ0) is 24.6. The molecule has 0 saturated carbocycles. The Balaban J connectivity index is 0. The second-order valence-electron chi connectivity index (χ2n) is 11.1. The van der Waals surface area contributed by atoms with Crippen LogP contribution in [0.15, 0.2) is 0 Å². The first kappa shape index (κ1) is 31.3. The van der Waals surface area contributed by atoms with Crippen LogP contribution in [0.4, 0.5) is 0 Å². The third-order valence-corrected chi connectivity index (χ3v) is 15.3. The monoisotopic (exact) mass is 454 g/mol. The van der Waals surface area contributed by atoms with Crippen LogP contribution in [0.5, 0.6) is 0 Å². The summed E-state index contributed by atoms with van der Waals surface area (Å²) in [5, 5.41) is 9.80. The molecule has 0 saturated heterocycles. The van der Waals surface area contributed by atoms with Crippen LogP contribution in [0, 0.1) is 36.5 Å². The molecule has 0 bridgehead atoms. The predicted molar refractivity (Wildman–Crippen MR) is 133 cm³/mol. The van der Waals surface area contributed by atoms with E-state index in [9.17, 15) is 9.90 Å². The normalized spacial score (nSPS) is 15.7. The van der Waals surface area contributed by atoms with E-state index in [4.69, 9.17) is 21.7 Å². The summed E-state index contributed by atoms with van der Waals surface area (Å²) in [5.74, 6) is 4.11. The van der Waals surface area contributed by atoms with E-state index >= 15 is 0 Å². The van der Waals surface area contributed by atoms with E-state index in [1.807, 2.05) is 13.8 Å². The minimum absolute atomic E-state index is 0.00382. The fraction of sp³-hybridized carbons (Fsp3) is 0.792. The van der Waals surface area contributed by atoms with Gasteiger partial charge in [0.25, 0.3) is 0 Å². The minimum atomic E-state index is -1.75. The van der Waals surface area contributed by atoms with Crippen molar-refractivity contribution in [2.45, 2.75) is 97.8 Å². The van der Waals surface area contributed by atoms with Gasteiger partial charge in [0.05, 0.1) is 0 Å². The highest BCUT2D eigenvalue weighted by molar-refractivity contribution is 6.74. The van der Waals surface area contributed by atoms with Gasteiger partial charge in [-0.2, -0.15) is 0 Å². The van der Waals surface area contributed by atoms with Crippen LogP contribution >= 0.6 is 0 Å². The Morgan fingerprint density at radius 3 is 1.57 bits per heavy atom. The van der Waals surface area contributed by atoms with Gasteiger partial charge in [-0.25, -0.2) is 0 Å². The first-order valence-electron chi connectivity index (χ1n) is 10.7.